The summed E-state index contributed by atoms with van der Waals surface area (Å²) in [5.41, 5.74) is 0.808. The van der Waals surface area contributed by atoms with Gasteiger partial charge < -0.3 is 20.1 Å². The monoisotopic (exact) mass is 301 g/mol. The van der Waals surface area contributed by atoms with Gasteiger partial charge >= 0.3 is 6.03 Å². The standard InChI is InChI=1S/C16H19N3O3/c1-21-14-7-2-3-8-15(14)22-11-10-18-16(20)19-12-13-6-4-5-9-17-13/h2-9H,10-12H2,1H3,(H2,18,19,20). The molecule has 0 fully saturated rings. The average molecular weight is 301 g/mol. The Morgan fingerprint density at radius 2 is 1.86 bits per heavy atom. The van der Waals surface area contributed by atoms with Crippen LogP contribution in [0.3, 0.4) is 0 Å². The molecule has 2 rings (SSSR count). The van der Waals surface area contributed by atoms with E-state index >= 15 is 0 Å². The van der Waals surface area contributed by atoms with Crippen LogP contribution in [0.2, 0.25) is 0 Å². The maximum Gasteiger partial charge on any atom is 0.315 e. The minimum atomic E-state index is -0.255. The first-order valence-corrected chi connectivity index (χ1v) is 6.97. The smallest absolute Gasteiger partial charge is 0.315 e. The largest absolute Gasteiger partial charge is 0.493 e. The molecule has 1 aromatic carbocycles. The number of amides is 2. The molecule has 0 atom stereocenters. The highest BCUT2D eigenvalue weighted by molar-refractivity contribution is 5.73. The maximum atomic E-state index is 11.6. The number of nitrogens with one attached hydrogen (secondary N) is 2. The van der Waals surface area contributed by atoms with Crippen molar-refractivity contribution in [2.45, 2.75) is 6.54 Å². The molecule has 2 amide bonds. The summed E-state index contributed by atoms with van der Waals surface area (Å²) in [6.45, 7) is 1.14. The van der Waals surface area contributed by atoms with Crippen LogP contribution in [0.5, 0.6) is 11.5 Å². The molecule has 0 aliphatic rings. The maximum absolute atomic E-state index is 11.6. The van der Waals surface area contributed by atoms with E-state index in [1.165, 1.54) is 0 Å². The highest BCUT2D eigenvalue weighted by atomic mass is 16.5. The first-order valence-electron chi connectivity index (χ1n) is 6.97. The lowest BCUT2D eigenvalue weighted by Crippen LogP contribution is -2.37. The van der Waals surface area contributed by atoms with Crippen LogP contribution in [0.25, 0.3) is 0 Å². The lowest BCUT2D eigenvalue weighted by Gasteiger charge is -2.11. The number of nitrogens with zero attached hydrogens (tertiary/aromatic N) is 1. The normalized spacial score (nSPS) is 9.86. The molecule has 0 bridgehead atoms. The summed E-state index contributed by atoms with van der Waals surface area (Å²) < 4.78 is 10.7. The van der Waals surface area contributed by atoms with Crippen molar-refractivity contribution >= 4 is 6.03 Å². The summed E-state index contributed by atoms with van der Waals surface area (Å²) >= 11 is 0. The molecule has 0 spiro atoms. The average Bonchev–Trinajstić information content (AvgIpc) is 2.58. The lowest BCUT2D eigenvalue weighted by atomic mass is 10.3. The number of methoxy groups -OCH3 is 1. The molecule has 1 aromatic heterocycles. The first-order chi connectivity index (χ1) is 10.8. The van der Waals surface area contributed by atoms with Gasteiger partial charge in [-0.3, -0.25) is 4.98 Å². The number of aromatic nitrogens is 1. The number of pyridine rings is 1. The molecule has 116 valence electrons. The molecule has 0 aliphatic heterocycles. The number of urea groups is 1. The van der Waals surface area contributed by atoms with E-state index < -0.39 is 0 Å². The van der Waals surface area contributed by atoms with Crippen LogP contribution < -0.4 is 20.1 Å². The topological polar surface area (TPSA) is 72.5 Å². The second-order valence-corrected chi connectivity index (χ2v) is 4.43. The van der Waals surface area contributed by atoms with Crippen LogP contribution in [-0.2, 0) is 6.54 Å². The molecule has 0 saturated carbocycles. The fraction of sp³-hybridized carbons (Fsp3) is 0.250. The number of carbonyl (C=O) groups excluding carboxylic acids is 1. The van der Waals surface area contributed by atoms with E-state index in [1.807, 2.05) is 42.5 Å². The SMILES string of the molecule is COc1ccccc1OCCNC(=O)NCc1ccccn1. The quantitative estimate of drug-likeness (QED) is 0.767. The van der Waals surface area contributed by atoms with Gasteiger partial charge in [0, 0.05) is 6.20 Å². The summed E-state index contributed by atoms with van der Waals surface area (Å²) in [4.78, 5) is 15.7. The van der Waals surface area contributed by atoms with Crippen molar-refractivity contribution in [3.63, 3.8) is 0 Å². The van der Waals surface area contributed by atoms with E-state index in [0.29, 0.717) is 31.2 Å². The van der Waals surface area contributed by atoms with Crippen LogP contribution in [0.4, 0.5) is 4.79 Å². The second kappa shape index (κ2) is 8.51. The molecule has 6 heteroatoms. The predicted octanol–water partition coefficient (Wildman–Crippen LogP) is 1.97. The Balaban J connectivity index is 1.65. The van der Waals surface area contributed by atoms with Gasteiger partial charge in [0.15, 0.2) is 11.5 Å². The van der Waals surface area contributed by atoms with E-state index in [9.17, 15) is 4.79 Å². The van der Waals surface area contributed by atoms with Crippen LogP contribution in [0.1, 0.15) is 5.69 Å². The van der Waals surface area contributed by atoms with E-state index in [0.717, 1.165) is 5.69 Å². The molecule has 0 unspecified atom stereocenters. The van der Waals surface area contributed by atoms with Crippen molar-refractivity contribution in [2.75, 3.05) is 20.3 Å². The zero-order chi connectivity index (χ0) is 15.6. The van der Waals surface area contributed by atoms with Gasteiger partial charge in [-0.15, -0.1) is 0 Å². The fourth-order valence-corrected chi connectivity index (χ4v) is 1.80. The molecular formula is C16H19N3O3. The molecule has 2 aromatic rings. The van der Waals surface area contributed by atoms with Gasteiger partial charge in [0.1, 0.15) is 6.61 Å². The van der Waals surface area contributed by atoms with E-state index in [4.69, 9.17) is 9.47 Å². The summed E-state index contributed by atoms with van der Waals surface area (Å²) in [6.07, 6.45) is 1.69. The van der Waals surface area contributed by atoms with Gasteiger partial charge in [-0.05, 0) is 24.3 Å². The third-order valence-electron chi connectivity index (χ3n) is 2.87. The number of benzene rings is 1. The Morgan fingerprint density at radius 1 is 1.09 bits per heavy atom. The lowest BCUT2D eigenvalue weighted by molar-refractivity contribution is 0.235. The summed E-state index contributed by atoms with van der Waals surface area (Å²) in [6, 6.07) is 12.7. The number of carbonyl (C=O) groups is 1. The van der Waals surface area contributed by atoms with Gasteiger partial charge in [-0.25, -0.2) is 4.79 Å². The number of ether oxygens (including phenoxy) is 2. The van der Waals surface area contributed by atoms with Crippen molar-refractivity contribution in [2.24, 2.45) is 0 Å². The van der Waals surface area contributed by atoms with E-state index in [1.54, 1.807) is 13.3 Å². The number of hydrogen-bond donors (Lipinski definition) is 2. The fourth-order valence-electron chi connectivity index (χ4n) is 1.80. The molecule has 1 heterocycles. The summed E-state index contributed by atoms with van der Waals surface area (Å²) in [5, 5.41) is 5.44. The minimum absolute atomic E-state index is 0.255. The van der Waals surface area contributed by atoms with Crippen molar-refractivity contribution < 1.29 is 14.3 Å². The molecule has 0 aliphatic carbocycles. The highest BCUT2D eigenvalue weighted by Gasteiger charge is 2.03. The zero-order valence-corrected chi connectivity index (χ0v) is 12.4. The Labute approximate surface area is 129 Å². The second-order valence-electron chi connectivity index (χ2n) is 4.43. The molecule has 6 nitrogen and oxygen atoms in total. The first kappa shape index (κ1) is 15.6. The summed E-state index contributed by atoms with van der Waals surface area (Å²) in [7, 11) is 1.59. The van der Waals surface area contributed by atoms with Crippen LogP contribution in [0.15, 0.2) is 48.7 Å². The van der Waals surface area contributed by atoms with Crippen molar-refractivity contribution in [1.29, 1.82) is 0 Å². The zero-order valence-electron chi connectivity index (χ0n) is 12.4. The Morgan fingerprint density at radius 3 is 2.59 bits per heavy atom. The van der Waals surface area contributed by atoms with Crippen molar-refractivity contribution in [1.82, 2.24) is 15.6 Å². The number of para-hydroxylation sites is 2. The Bertz CT molecular complexity index is 590. The van der Waals surface area contributed by atoms with Gasteiger partial charge in [0.05, 0.1) is 25.9 Å². The van der Waals surface area contributed by atoms with E-state index in [2.05, 4.69) is 15.6 Å². The third-order valence-corrected chi connectivity index (χ3v) is 2.87. The van der Waals surface area contributed by atoms with Gasteiger partial charge in [-0.1, -0.05) is 18.2 Å². The van der Waals surface area contributed by atoms with Crippen molar-refractivity contribution in [3.8, 4) is 11.5 Å². The third kappa shape index (κ3) is 4.97. The number of rotatable bonds is 7. The minimum Gasteiger partial charge on any atom is -0.493 e. The van der Waals surface area contributed by atoms with Gasteiger partial charge in [-0.2, -0.15) is 0 Å². The molecular weight excluding hydrogens is 282 g/mol. The van der Waals surface area contributed by atoms with Crippen LogP contribution in [-0.4, -0.2) is 31.3 Å². The molecule has 0 saturated heterocycles. The van der Waals surface area contributed by atoms with Gasteiger partial charge in [0.2, 0.25) is 0 Å². The molecule has 22 heavy (non-hydrogen) atoms. The summed E-state index contributed by atoms with van der Waals surface area (Å²) in [5.74, 6) is 1.32. The molecule has 2 N–H and O–H groups in total. The van der Waals surface area contributed by atoms with Gasteiger partial charge in [0.25, 0.3) is 0 Å². The Kier molecular flexibility index (Phi) is 6.04. The number of hydrogen-bond acceptors (Lipinski definition) is 4. The van der Waals surface area contributed by atoms with Crippen molar-refractivity contribution in [3.05, 3.63) is 54.4 Å². The van der Waals surface area contributed by atoms with Crippen LogP contribution in [0, 0.1) is 0 Å². The highest BCUT2D eigenvalue weighted by Crippen LogP contribution is 2.25. The Hall–Kier alpha value is -2.76. The molecule has 0 radical (unpaired) electrons. The van der Waals surface area contributed by atoms with E-state index in [-0.39, 0.29) is 6.03 Å². The predicted molar refractivity (Wildman–Crippen MR) is 83.0 cm³/mol. The van der Waals surface area contributed by atoms with Crippen LogP contribution >= 0.6 is 0 Å².